The monoisotopic (exact) mass is 401 g/mol. The third kappa shape index (κ3) is 2.42. The van der Waals surface area contributed by atoms with Crippen molar-refractivity contribution in [3.63, 3.8) is 0 Å². The highest BCUT2D eigenvalue weighted by Gasteiger charge is 2.27. The zero-order valence-corrected chi connectivity index (χ0v) is 16.0. The van der Waals surface area contributed by atoms with Crippen LogP contribution in [0.5, 0.6) is 0 Å². The van der Waals surface area contributed by atoms with Gasteiger partial charge in [0.15, 0.2) is 9.84 Å². The van der Waals surface area contributed by atoms with E-state index in [1.807, 2.05) is 29.9 Å². The van der Waals surface area contributed by atoms with Crippen molar-refractivity contribution in [2.24, 2.45) is 7.05 Å². The van der Waals surface area contributed by atoms with E-state index in [9.17, 15) is 18.0 Å². The maximum atomic E-state index is 13.2. The van der Waals surface area contributed by atoms with Crippen LogP contribution >= 0.6 is 11.3 Å². The van der Waals surface area contributed by atoms with E-state index < -0.39 is 21.1 Å². The van der Waals surface area contributed by atoms with Crippen LogP contribution in [0.25, 0.3) is 26.8 Å². The van der Waals surface area contributed by atoms with Crippen LogP contribution < -0.4 is 11.2 Å². The lowest BCUT2D eigenvalue weighted by Crippen LogP contribution is -2.33. The minimum Gasteiger partial charge on any atom is -0.351 e. The molecule has 4 heterocycles. The Morgan fingerprint density at radius 2 is 2.00 bits per heavy atom. The van der Waals surface area contributed by atoms with Crippen LogP contribution in [0.2, 0.25) is 0 Å². The van der Waals surface area contributed by atoms with E-state index >= 15 is 0 Å². The van der Waals surface area contributed by atoms with Gasteiger partial charge in [-0.1, -0.05) is 0 Å². The molecular weight excluding hydrogens is 386 g/mol. The van der Waals surface area contributed by atoms with Crippen molar-refractivity contribution in [1.82, 2.24) is 14.1 Å². The fourth-order valence-electron chi connectivity index (χ4n) is 3.74. The Labute approximate surface area is 157 Å². The number of aryl methyl sites for hydroxylation is 2. The zero-order chi connectivity index (χ0) is 18.9. The predicted octanol–water partition coefficient (Wildman–Crippen LogP) is 1.70. The molecule has 0 spiro atoms. The van der Waals surface area contributed by atoms with Crippen LogP contribution in [0.15, 0.2) is 40.1 Å². The van der Waals surface area contributed by atoms with Crippen molar-refractivity contribution in [3.8, 4) is 5.69 Å². The molecular formula is C18H15N3O4S2. The summed E-state index contributed by atoms with van der Waals surface area (Å²) in [6.07, 6.45) is 2.22. The molecule has 1 aromatic carbocycles. The molecule has 4 aromatic rings. The lowest BCUT2D eigenvalue weighted by atomic mass is 10.1. The number of nitrogens with one attached hydrogen (secondary N) is 1. The number of rotatable bonds is 1. The summed E-state index contributed by atoms with van der Waals surface area (Å²) < 4.78 is 26.9. The molecule has 0 fully saturated rings. The average Bonchev–Trinajstić information content (AvgIpc) is 3.13. The molecule has 3 aromatic heterocycles. The lowest BCUT2D eigenvalue weighted by Gasteiger charge is -2.12. The number of thiophene rings is 1. The van der Waals surface area contributed by atoms with Gasteiger partial charge in [0.25, 0.3) is 5.56 Å². The van der Waals surface area contributed by atoms with E-state index in [-0.39, 0.29) is 11.5 Å². The molecule has 0 radical (unpaired) electrons. The van der Waals surface area contributed by atoms with Gasteiger partial charge in [-0.2, -0.15) is 0 Å². The Balaban J connectivity index is 1.80. The molecule has 7 nitrogen and oxygen atoms in total. The normalized spacial score (nSPS) is 16.0. The largest absolute Gasteiger partial charge is 0.351 e. The fourth-order valence-corrected chi connectivity index (χ4v) is 6.77. The molecule has 0 aliphatic carbocycles. The molecule has 0 amide bonds. The molecule has 1 N–H and O–H groups in total. The Kier molecular flexibility index (Phi) is 3.32. The van der Waals surface area contributed by atoms with Crippen LogP contribution in [0.4, 0.5) is 0 Å². The third-order valence-electron chi connectivity index (χ3n) is 5.07. The van der Waals surface area contributed by atoms with E-state index in [2.05, 4.69) is 4.98 Å². The number of sulfone groups is 1. The number of aromatic amines is 1. The standard InChI is InChI=1S/C18H15N3O4S2/c1-20-6-4-10-8-11(2-3-13(10)20)21-17(22)15-12-5-7-27(24,25)9-14(12)26-16(15)19-18(21)23/h2-4,6,8H,5,7,9H2,1H3,(H,19,23). The second kappa shape index (κ2) is 5.43. The molecule has 1 aliphatic rings. The number of benzene rings is 1. The Bertz CT molecular complexity index is 1470. The van der Waals surface area contributed by atoms with Gasteiger partial charge in [-0.3, -0.25) is 9.78 Å². The number of hydrogen-bond acceptors (Lipinski definition) is 5. The van der Waals surface area contributed by atoms with Crippen molar-refractivity contribution < 1.29 is 8.42 Å². The zero-order valence-electron chi connectivity index (χ0n) is 14.4. The summed E-state index contributed by atoms with van der Waals surface area (Å²) in [6.45, 7) is 0. The lowest BCUT2D eigenvalue weighted by molar-refractivity contribution is 0.592. The first kappa shape index (κ1) is 16.5. The van der Waals surface area contributed by atoms with E-state index in [4.69, 9.17) is 0 Å². The van der Waals surface area contributed by atoms with Gasteiger partial charge in [0.05, 0.1) is 22.6 Å². The molecule has 9 heteroatoms. The highest BCUT2D eigenvalue weighted by atomic mass is 32.2. The summed E-state index contributed by atoms with van der Waals surface area (Å²) in [7, 11) is -1.21. The van der Waals surface area contributed by atoms with Crippen molar-refractivity contribution >= 4 is 42.3 Å². The quantitative estimate of drug-likeness (QED) is 0.525. The molecule has 0 saturated carbocycles. The van der Waals surface area contributed by atoms with E-state index in [1.165, 1.54) is 11.3 Å². The van der Waals surface area contributed by atoms with Gasteiger partial charge in [-0.25, -0.2) is 17.8 Å². The predicted molar refractivity (Wildman–Crippen MR) is 106 cm³/mol. The Morgan fingerprint density at radius 1 is 1.19 bits per heavy atom. The Hall–Kier alpha value is -2.65. The van der Waals surface area contributed by atoms with Gasteiger partial charge in [0, 0.05) is 29.0 Å². The second-order valence-electron chi connectivity index (χ2n) is 6.79. The average molecular weight is 401 g/mol. The van der Waals surface area contributed by atoms with Crippen molar-refractivity contribution in [2.45, 2.75) is 12.2 Å². The summed E-state index contributed by atoms with van der Waals surface area (Å²) in [5, 5.41) is 1.36. The third-order valence-corrected chi connectivity index (χ3v) is 7.96. The summed E-state index contributed by atoms with van der Waals surface area (Å²) in [5.74, 6) is -0.0422. The summed E-state index contributed by atoms with van der Waals surface area (Å²) in [5.41, 5.74) is 1.32. The van der Waals surface area contributed by atoms with Crippen LogP contribution in [-0.2, 0) is 29.1 Å². The van der Waals surface area contributed by atoms with Crippen LogP contribution in [0.3, 0.4) is 0 Å². The molecule has 27 heavy (non-hydrogen) atoms. The van der Waals surface area contributed by atoms with Crippen molar-refractivity contribution in [3.05, 3.63) is 61.7 Å². The van der Waals surface area contributed by atoms with E-state index in [0.717, 1.165) is 21.0 Å². The molecule has 0 atom stereocenters. The second-order valence-corrected chi connectivity index (χ2v) is 10.1. The van der Waals surface area contributed by atoms with Crippen LogP contribution in [0, 0.1) is 0 Å². The van der Waals surface area contributed by atoms with Gasteiger partial charge >= 0.3 is 5.69 Å². The Morgan fingerprint density at radius 3 is 2.81 bits per heavy atom. The molecule has 138 valence electrons. The van der Waals surface area contributed by atoms with E-state index in [1.54, 1.807) is 12.1 Å². The number of H-pyrrole nitrogens is 1. The van der Waals surface area contributed by atoms with Crippen LogP contribution in [-0.4, -0.2) is 28.3 Å². The molecule has 0 bridgehead atoms. The van der Waals surface area contributed by atoms with Gasteiger partial charge in [0.1, 0.15) is 4.83 Å². The first-order chi connectivity index (χ1) is 12.8. The molecule has 0 unspecified atom stereocenters. The number of fused-ring (bicyclic) bond motifs is 4. The summed E-state index contributed by atoms with van der Waals surface area (Å²) >= 11 is 1.19. The van der Waals surface area contributed by atoms with Gasteiger partial charge < -0.3 is 4.57 Å². The van der Waals surface area contributed by atoms with E-state index in [0.29, 0.717) is 27.2 Å². The first-order valence-corrected chi connectivity index (χ1v) is 11.0. The highest BCUT2D eigenvalue weighted by molar-refractivity contribution is 7.90. The topological polar surface area (TPSA) is 93.9 Å². The highest BCUT2D eigenvalue weighted by Crippen LogP contribution is 2.33. The minimum absolute atomic E-state index is 0.0281. The van der Waals surface area contributed by atoms with Crippen LogP contribution in [0.1, 0.15) is 10.4 Å². The SMILES string of the molecule is Cn1ccc2cc(-n3c(=O)[nH]c4sc5c(c4c3=O)CCS(=O)(=O)C5)ccc21. The first-order valence-electron chi connectivity index (χ1n) is 8.39. The minimum atomic E-state index is -3.14. The number of aromatic nitrogens is 3. The summed E-state index contributed by atoms with van der Waals surface area (Å²) in [6, 6.07) is 7.35. The molecule has 0 saturated heterocycles. The summed E-state index contributed by atoms with van der Waals surface area (Å²) in [4.78, 5) is 29.7. The van der Waals surface area contributed by atoms with Gasteiger partial charge in [-0.05, 0) is 36.2 Å². The number of hydrogen-bond donors (Lipinski definition) is 1. The van der Waals surface area contributed by atoms with Crippen molar-refractivity contribution in [1.29, 1.82) is 0 Å². The fraction of sp³-hybridized carbons (Fsp3) is 0.222. The van der Waals surface area contributed by atoms with Gasteiger partial charge in [-0.15, -0.1) is 11.3 Å². The maximum absolute atomic E-state index is 13.2. The van der Waals surface area contributed by atoms with Gasteiger partial charge in [0.2, 0.25) is 0 Å². The smallest absolute Gasteiger partial charge is 0.334 e. The number of nitrogens with zero attached hydrogens (tertiary/aromatic N) is 2. The van der Waals surface area contributed by atoms with Crippen molar-refractivity contribution in [2.75, 3.05) is 5.75 Å². The molecule has 5 rings (SSSR count). The molecule has 1 aliphatic heterocycles. The maximum Gasteiger partial charge on any atom is 0.334 e.